The summed E-state index contributed by atoms with van der Waals surface area (Å²) >= 11 is 0. The van der Waals surface area contributed by atoms with Gasteiger partial charge in [-0.25, -0.2) is 0 Å². The predicted octanol–water partition coefficient (Wildman–Crippen LogP) is 2.81. The Balaban J connectivity index is 2.57. The Kier molecular flexibility index (Phi) is 3.97. The third kappa shape index (κ3) is 4.52. The van der Waals surface area contributed by atoms with Gasteiger partial charge in [-0.3, -0.25) is 0 Å². The standard InChI is InChI=1S/C13H24N2/c1-11(14)10-12-6-5-8-15(12)9-7-13(2,3)4/h5-6,8,11H,7,9-10,14H2,1-4H3. The lowest BCUT2D eigenvalue weighted by Crippen LogP contribution is -2.20. The molecule has 86 valence electrons. The highest BCUT2D eigenvalue weighted by molar-refractivity contribution is 5.08. The minimum atomic E-state index is 0.244. The fourth-order valence-electron chi connectivity index (χ4n) is 1.64. The maximum atomic E-state index is 5.82. The molecule has 1 atom stereocenters. The average molecular weight is 208 g/mol. The molecule has 2 heteroatoms. The van der Waals surface area contributed by atoms with Crippen molar-refractivity contribution in [2.45, 2.75) is 53.1 Å². The zero-order valence-electron chi connectivity index (χ0n) is 10.5. The molecule has 0 fully saturated rings. The van der Waals surface area contributed by atoms with E-state index in [1.54, 1.807) is 0 Å². The second-order valence-corrected chi connectivity index (χ2v) is 5.68. The molecule has 0 bridgehead atoms. The second kappa shape index (κ2) is 4.84. The molecular weight excluding hydrogens is 184 g/mol. The Morgan fingerprint density at radius 2 is 2.07 bits per heavy atom. The van der Waals surface area contributed by atoms with Gasteiger partial charge in [0.1, 0.15) is 0 Å². The molecule has 0 radical (unpaired) electrons. The second-order valence-electron chi connectivity index (χ2n) is 5.68. The highest BCUT2D eigenvalue weighted by Crippen LogP contribution is 2.20. The van der Waals surface area contributed by atoms with E-state index < -0.39 is 0 Å². The number of nitrogens with two attached hydrogens (primary N) is 1. The first-order valence-electron chi connectivity index (χ1n) is 5.78. The zero-order chi connectivity index (χ0) is 11.5. The minimum absolute atomic E-state index is 0.244. The van der Waals surface area contributed by atoms with Gasteiger partial charge in [0, 0.05) is 30.9 Å². The fourth-order valence-corrected chi connectivity index (χ4v) is 1.64. The summed E-state index contributed by atoms with van der Waals surface area (Å²) in [6.07, 6.45) is 4.33. The van der Waals surface area contributed by atoms with Crippen LogP contribution in [0.5, 0.6) is 0 Å². The first-order chi connectivity index (χ1) is 6.88. The van der Waals surface area contributed by atoms with Crippen LogP contribution in [0.4, 0.5) is 0 Å². The van der Waals surface area contributed by atoms with Gasteiger partial charge in [0.2, 0.25) is 0 Å². The van der Waals surface area contributed by atoms with Crippen molar-refractivity contribution < 1.29 is 0 Å². The van der Waals surface area contributed by atoms with Gasteiger partial charge in [-0.15, -0.1) is 0 Å². The van der Waals surface area contributed by atoms with E-state index in [1.807, 2.05) is 0 Å². The van der Waals surface area contributed by atoms with Crippen LogP contribution in [0.2, 0.25) is 0 Å². The largest absolute Gasteiger partial charge is 0.351 e. The maximum Gasteiger partial charge on any atom is 0.0227 e. The van der Waals surface area contributed by atoms with Crippen molar-refractivity contribution in [1.29, 1.82) is 0 Å². The molecule has 0 aliphatic rings. The zero-order valence-corrected chi connectivity index (χ0v) is 10.5. The summed E-state index contributed by atoms with van der Waals surface area (Å²) in [5, 5.41) is 0. The molecule has 0 amide bonds. The van der Waals surface area contributed by atoms with Gasteiger partial charge in [-0.05, 0) is 30.9 Å². The first-order valence-corrected chi connectivity index (χ1v) is 5.78. The lowest BCUT2D eigenvalue weighted by atomic mass is 9.92. The molecule has 0 spiro atoms. The summed E-state index contributed by atoms with van der Waals surface area (Å²) in [5.41, 5.74) is 7.58. The molecule has 15 heavy (non-hydrogen) atoms. The number of aryl methyl sites for hydroxylation is 1. The van der Waals surface area contributed by atoms with E-state index in [4.69, 9.17) is 5.73 Å². The van der Waals surface area contributed by atoms with Crippen molar-refractivity contribution in [3.05, 3.63) is 24.0 Å². The van der Waals surface area contributed by atoms with Gasteiger partial charge in [0.15, 0.2) is 0 Å². The Labute approximate surface area is 93.5 Å². The van der Waals surface area contributed by atoms with Crippen LogP contribution in [0.15, 0.2) is 18.3 Å². The molecule has 2 nitrogen and oxygen atoms in total. The van der Waals surface area contributed by atoms with Gasteiger partial charge in [0.05, 0.1) is 0 Å². The van der Waals surface area contributed by atoms with Crippen molar-refractivity contribution in [1.82, 2.24) is 4.57 Å². The summed E-state index contributed by atoms with van der Waals surface area (Å²) < 4.78 is 2.33. The molecule has 0 aliphatic carbocycles. The van der Waals surface area contributed by atoms with Gasteiger partial charge in [-0.2, -0.15) is 0 Å². The highest BCUT2D eigenvalue weighted by Gasteiger charge is 2.11. The van der Waals surface area contributed by atoms with Gasteiger partial charge >= 0.3 is 0 Å². The SMILES string of the molecule is CC(N)Cc1cccn1CCC(C)(C)C. The summed E-state index contributed by atoms with van der Waals surface area (Å²) in [7, 11) is 0. The van der Waals surface area contributed by atoms with E-state index >= 15 is 0 Å². The van der Waals surface area contributed by atoms with Crippen LogP contribution in [0.1, 0.15) is 39.8 Å². The minimum Gasteiger partial charge on any atom is -0.351 e. The summed E-state index contributed by atoms with van der Waals surface area (Å²) in [6, 6.07) is 4.53. The molecule has 2 N–H and O–H groups in total. The van der Waals surface area contributed by atoms with E-state index in [0.29, 0.717) is 5.41 Å². The summed E-state index contributed by atoms with van der Waals surface area (Å²) in [6.45, 7) is 9.99. The number of rotatable bonds is 4. The molecule has 0 aromatic carbocycles. The molecule has 1 aromatic heterocycles. The smallest absolute Gasteiger partial charge is 0.0227 e. The predicted molar refractivity (Wildman–Crippen MR) is 65.9 cm³/mol. The number of hydrogen-bond acceptors (Lipinski definition) is 1. The highest BCUT2D eigenvalue weighted by atomic mass is 15.0. The van der Waals surface area contributed by atoms with Crippen LogP contribution in [-0.2, 0) is 13.0 Å². The van der Waals surface area contributed by atoms with E-state index in [0.717, 1.165) is 13.0 Å². The van der Waals surface area contributed by atoms with E-state index in [1.165, 1.54) is 12.1 Å². The molecule has 1 rings (SSSR count). The van der Waals surface area contributed by atoms with Crippen LogP contribution < -0.4 is 5.73 Å². The third-order valence-corrected chi connectivity index (χ3v) is 2.56. The first kappa shape index (κ1) is 12.3. The number of nitrogens with zero attached hydrogens (tertiary/aromatic N) is 1. The molecule has 1 aromatic rings. The Morgan fingerprint density at radius 1 is 1.40 bits per heavy atom. The summed E-state index contributed by atoms with van der Waals surface area (Å²) in [5.74, 6) is 0. The van der Waals surface area contributed by atoms with Gasteiger partial charge in [-0.1, -0.05) is 20.8 Å². The average Bonchev–Trinajstić information content (AvgIpc) is 2.46. The molecule has 0 saturated heterocycles. The Hall–Kier alpha value is -0.760. The topological polar surface area (TPSA) is 30.9 Å². The third-order valence-electron chi connectivity index (χ3n) is 2.56. The van der Waals surface area contributed by atoms with Crippen LogP contribution in [0, 0.1) is 5.41 Å². The van der Waals surface area contributed by atoms with Crippen LogP contribution in [-0.4, -0.2) is 10.6 Å². The van der Waals surface area contributed by atoms with Gasteiger partial charge in [0.25, 0.3) is 0 Å². The molecular formula is C13H24N2. The van der Waals surface area contributed by atoms with Crippen molar-refractivity contribution in [2.24, 2.45) is 11.1 Å². The van der Waals surface area contributed by atoms with Crippen molar-refractivity contribution in [3.63, 3.8) is 0 Å². The van der Waals surface area contributed by atoms with Crippen LogP contribution in [0.3, 0.4) is 0 Å². The quantitative estimate of drug-likeness (QED) is 0.810. The fraction of sp³-hybridized carbons (Fsp3) is 0.692. The maximum absolute atomic E-state index is 5.82. The molecule has 0 saturated carbocycles. The van der Waals surface area contributed by atoms with E-state index in [-0.39, 0.29) is 6.04 Å². The van der Waals surface area contributed by atoms with Crippen LogP contribution >= 0.6 is 0 Å². The number of aromatic nitrogens is 1. The molecule has 1 unspecified atom stereocenters. The van der Waals surface area contributed by atoms with Crippen molar-refractivity contribution in [3.8, 4) is 0 Å². The van der Waals surface area contributed by atoms with E-state index in [9.17, 15) is 0 Å². The molecule has 1 heterocycles. The van der Waals surface area contributed by atoms with Gasteiger partial charge < -0.3 is 10.3 Å². The Bertz CT molecular complexity index is 292. The summed E-state index contributed by atoms with van der Waals surface area (Å²) in [4.78, 5) is 0. The number of hydrogen-bond donors (Lipinski definition) is 1. The van der Waals surface area contributed by atoms with Crippen LogP contribution in [0.25, 0.3) is 0 Å². The molecule has 0 aliphatic heterocycles. The monoisotopic (exact) mass is 208 g/mol. The van der Waals surface area contributed by atoms with Crippen molar-refractivity contribution in [2.75, 3.05) is 0 Å². The Morgan fingerprint density at radius 3 is 2.60 bits per heavy atom. The lowest BCUT2D eigenvalue weighted by molar-refractivity contribution is 0.348. The van der Waals surface area contributed by atoms with E-state index in [2.05, 4.69) is 50.6 Å². The normalized spacial score (nSPS) is 14.2. The lowest BCUT2D eigenvalue weighted by Gasteiger charge is -2.19. The van der Waals surface area contributed by atoms with Crippen molar-refractivity contribution >= 4 is 0 Å².